The largest absolute Gasteiger partial charge is 0.457 e. The van der Waals surface area contributed by atoms with Crippen LogP contribution in [-0.2, 0) is 5.41 Å². The van der Waals surface area contributed by atoms with Crippen LogP contribution in [0.2, 0.25) is 0 Å². The first kappa shape index (κ1) is 15.5. The second kappa shape index (κ2) is 5.86. The Balaban J connectivity index is 2.37. The third kappa shape index (κ3) is 3.61. The summed E-state index contributed by atoms with van der Waals surface area (Å²) in [5.74, 6) is 0.820. The molecule has 21 heavy (non-hydrogen) atoms. The first-order chi connectivity index (χ1) is 9.79. The van der Waals surface area contributed by atoms with Gasteiger partial charge >= 0.3 is 0 Å². The summed E-state index contributed by atoms with van der Waals surface area (Å²) in [5, 5.41) is 0. The number of hydrogen-bond acceptors (Lipinski definition) is 2. The van der Waals surface area contributed by atoms with Gasteiger partial charge in [-0.15, -0.1) is 0 Å². The molecule has 0 bridgehead atoms. The van der Waals surface area contributed by atoms with E-state index in [1.165, 1.54) is 11.6 Å². The third-order valence-corrected chi connectivity index (χ3v) is 3.40. The van der Waals surface area contributed by atoms with E-state index in [1.54, 1.807) is 19.1 Å². The second-order valence-corrected chi connectivity index (χ2v) is 6.32. The molecule has 3 heteroatoms. The van der Waals surface area contributed by atoms with E-state index in [9.17, 15) is 4.39 Å². The van der Waals surface area contributed by atoms with E-state index in [0.717, 1.165) is 0 Å². The Bertz CT molecular complexity index is 629. The normalized spacial score (nSPS) is 13.0. The van der Waals surface area contributed by atoms with E-state index in [0.29, 0.717) is 17.1 Å². The first-order valence-electron chi connectivity index (χ1n) is 7.11. The van der Waals surface area contributed by atoms with Gasteiger partial charge in [-0.3, -0.25) is 0 Å². The molecule has 0 saturated carbocycles. The van der Waals surface area contributed by atoms with Crippen LogP contribution in [0, 0.1) is 5.82 Å². The molecule has 2 aromatic rings. The van der Waals surface area contributed by atoms with Crippen molar-refractivity contribution in [1.29, 1.82) is 0 Å². The van der Waals surface area contributed by atoms with Crippen molar-refractivity contribution in [3.63, 3.8) is 0 Å². The van der Waals surface area contributed by atoms with Crippen molar-refractivity contribution in [3.8, 4) is 11.5 Å². The maximum absolute atomic E-state index is 13.9. The molecule has 0 amide bonds. The Morgan fingerprint density at radius 3 is 2.38 bits per heavy atom. The highest BCUT2D eigenvalue weighted by Crippen LogP contribution is 2.32. The molecule has 0 saturated heterocycles. The maximum atomic E-state index is 13.9. The van der Waals surface area contributed by atoms with Gasteiger partial charge in [-0.05, 0) is 42.2 Å². The SMILES string of the molecule is C[C@@H](N)c1c(F)cccc1Oc1cccc(C(C)(C)C)c1. The Hall–Kier alpha value is -1.87. The van der Waals surface area contributed by atoms with Gasteiger partial charge < -0.3 is 10.5 Å². The lowest BCUT2D eigenvalue weighted by molar-refractivity contribution is 0.458. The predicted octanol–water partition coefficient (Wildman–Crippen LogP) is 4.94. The Morgan fingerprint density at radius 2 is 1.76 bits per heavy atom. The molecule has 0 aromatic heterocycles. The molecule has 112 valence electrons. The van der Waals surface area contributed by atoms with E-state index in [-0.39, 0.29) is 11.2 Å². The highest BCUT2D eigenvalue weighted by atomic mass is 19.1. The molecule has 2 nitrogen and oxygen atoms in total. The predicted molar refractivity (Wildman–Crippen MR) is 84.2 cm³/mol. The summed E-state index contributed by atoms with van der Waals surface area (Å²) in [6.07, 6.45) is 0. The van der Waals surface area contributed by atoms with Crippen molar-refractivity contribution >= 4 is 0 Å². The zero-order valence-electron chi connectivity index (χ0n) is 13.0. The highest BCUT2D eigenvalue weighted by Gasteiger charge is 2.16. The molecule has 0 aliphatic heterocycles. The molecular weight excluding hydrogens is 265 g/mol. The van der Waals surface area contributed by atoms with Crippen LogP contribution in [0.1, 0.15) is 44.9 Å². The molecule has 0 spiro atoms. The molecule has 1 atom stereocenters. The summed E-state index contributed by atoms with van der Waals surface area (Å²) < 4.78 is 19.8. The summed E-state index contributed by atoms with van der Waals surface area (Å²) >= 11 is 0. The number of halogens is 1. The molecular formula is C18H22FNO. The van der Waals surface area contributed by atoms with Gasteiger partial charge in [0.25, 0.3) is 0 Å². The molecule has 0 aliphatic rings. The minimum atomic E-state index is -0.424. The fraction of sp³-hybridized carbons (Fsp3) is 0.333. The van der Waals surface area contributed by atoms with Crippen LogP contribution in [0.3, 0.4) is 0 Å². The summed E-state index contributed by atoms with van der Waals surface area (Å²) in [5.41, 5.74) is 7.45. The quantitative estimate of drug-likeness (QED) is 0.868. The van der Waals surface area contributed by atoms with Crippen LogP contribution in [0.5, 0.6) is 11.5 Å². The average molecular weight is 287 g/mol. The van der Waals surface area contributed by atoms with Crippen molar-refractivity contribution < 1.29 is 9.13 Å². The molecule has 2 rings (SSSR count). The van der Waals surface area contributed by atoms with Crippen molar-refractivity contribution in [2.45, 2.75) is 39.2 Å². The van der Waals surface area contributed by atoms with Gasteiger partial charge in [0.05, 0.1) is 0 Å². The van der Waals surface area contributed by atoms with Gasteiger partial charge in [-0.1, -0.05) is 39.0 Å². The number of nitrogens with two attached hydrogens (primary N) is 1. The van der Waals surface area contributed by atoms with Gasteiger partial charge in [0.2, 0.25) is 0 Å². The van der Waals surface area contributed by atoms with E-state index in [4.69, 9.17) is 10.5 Å². The van der Waals surface area contributed by atoms with Crippen LogP contribution in [0.15, 0.2) is 42.5 Å². The molecule has 0 aliphatic carbocycles. The highest BCUT2D eigenvalue weighted by molar-refractivity contribution is 5.42. The molecule has 2 N–H and O–H groups in total. The van der Waals surface area contributed by atoms with Gasteiger partial charge in [0, 0.05) is 11.6 Å². The van der Waals surface area contributed by atoms with Crippen LogP contribution in [-0.4, -0.2) is 0 Å². The molecule has 2 aromatic carbocycles. The van der Waals surface area contributed by atoms with Crippen molar-refractivity contribution in [3.05, 3.63) is 59.4 Å². The van der Waals surface area contributed by atoms with Crippen molar-refractivity contribution in [2.24, 2.45) is 5.73 Å². The minimum Gasteiger partial charge on any atom is -0.457 e. The smallest absolute Gasteiger partial charge is 0.135 e. The summed E-state index contributed by atoms with van der Waals surface area (Å²) in [6.45, 7) is 8.17. The molecule has 0 radical (unpaired) electrons. The number of ether oxygens (including phenoxy) is 1. The average Bonchev–Trinajstić information content (AvgIpc) is 2.37. The second-order valence-electron chi connectivity index (χ2n) is 6.32. The zero-order valence-corrected chi connectivity index (χ0v) is 13.0. The summed E-state index contributed by atoms with van der Waals surface area (Å²) in [6, 6.07) is 12.2. The van der Waals surface area contributed by atoms with Crippen LogP contribution in [0.4, 0.5) is 4.39 Å². The summed E-state index contributed by atoms with van der Waals surface area (Å²) in [7, 11) is 0. The van der Waals surface area contributed by atoms with E-state index >= 15 is 0 Å². The van der Waals surface area contributed by atoms with Crippen LogP contribution < -0.4 is 10.5 Å². The third-order valence-electron chi connectivity index (χ3n) is 3.40. The lowest BCUT2D eigenvalue weighted by atomic mass is 9.87. The number of benzene rings is 2. The Labute approximate surface area is 125 Å². The lowest BCUT2D eigenvalue weighted by Crippen LogP contribution is -2.11. The van der Waals surface area contributed by atoms with Gasteiger partial charge in [-0.25, -0.2) is 4.39 Å². The lowest BCUT2D eigenvalue weighted by Gasteiger charge is -2.20. The van der Waals surface area contributed by atoms with Crippen molar-refractivity contribution in [1.82, 2.24) is 0 Å². The van der Waals surface area contributed by atoms with E-state index in [1.807, 2.05) is 18.2 Å². The number of hydrogen-bond donors (Lipinski definition) is 1. The molecule has 0 unspecified atom stereocenters. The van der Waals surface area contributed by atoms with Gasteiger partial charge in [0.1, 0.15) is 17.3 Å². The molecule has 0 heterocycles. The van der Waals surface area contributed by atoms with Gasteiger partial charge in [0.15, 0.2) is 0 Å². The first-order valence-corrected chi connectivity index (χ1v) is 7.11. The fourth-order valence-corrected chi connectivity index (χ4v) is 2.20. The molecule has 0 fully saturated rings. The van der Waals surface area contributed by atoms with Crippen molar-refractivity contribution in [2.75, 3.05) is 0 Å². The standard InChI is InChI=1S/C18H22FNO/c1-12(20)17-15(19)9-6-10-16(17)21-14-8-5-7-13(11-14)18(2,3)4/h5-12H,20H2,1-4H3/t12-/m1/s1. The van der Waals surface area contributed by atoms with E-state index in [2.05, 4.69) is 26.8 Å². The van der Waals surface area contributed by atoms with Crippen LogP contribution in [0.25, 0.3) is 0 Å². The summed E-state index contributed by atoms with van der Waals surface area (Å²) in [4.78, 5) is 0. The van der Waals surface area contributed by atoms with E-state index < -0.39 is 6.04 Å². The maximum Gasteiger partial charge on any atom is 0.135 e. The fourth-order valence-electron chi connectivity index (χ4n) is 2.20. The van der Waals surface area contributed by atoms with Crippen LogP contribution >= 0.6 is 0 Å². The van der Waals surface area contributed by atoms with Gasteiger partial charge in [-0.2, -0.15) is 0 Å². The monoisotopic (exact) mass is 287 g/mol. The zero-order chi connectivity index (χ0) is 15.6. The number of rotatable bonds is 3. The minimum absolute atomic E-state index is 0.0330. The Morgan fingerprint density at radius 1 is 1.10 bits per heavy atom. The Kier molecular flexibility index (Phi) is 4.33. The topological polar surface area (TPSA) is 35.2 Å².